The summed E-state index contributed by atoms with van der Waals surface area (Å²) in [4.78, 5) is 2.67. The van der Waals surface area contributed by atoms with Crippen LogP contribution in [0.3, 0.4) is 0 Å². The van der Waals surface area contributed by atoms with Crippen LogP contribution in [0.5, 0.6) is 0 Å². The van der Waals surface area contributed by atoms with E-state index >= 15 is 0 Å². The standard InChI is InChI=1S/C19H29NO/c21-19-13-5-4-11-17(19)18-12-7-15-20(18)14-6-10-16-8-2-1-3-9-16/h1-3,8-9,17-19,21H,4-7,10-15H2. The Labute approximate surface area is 129 Å². The molecule has 0 spiro atoms. The number of likely N-dealkylation sites (tertiary alicyclic amines) is 1. The van der Waals surface area contributed by atoms with Gasteiger partial charge in [-0.1, -0.05) is 43.2 Å². The summed E-state index contributed by atoms with van der Waals surface area (Å²) >= 11 is 0. The Balaban J connectivity index is 1.50. The van der Waals surface area contributed by atoms with Crippen LogP contribution in [0.2, 0.25) is 0 Å². The molecule has 2 heteroatoms. The van der Waals surface area contributed by atoms with Gasteiger partial charge in [0.1, 0.15) is 0 Å². The summed E-state index contributed by atoms with van der Waals surface area (Å²) in [7, 11) is 0. The molecule has 3 rings (SSSR count). The van der Waals surface area contributed by atoms with Gasteiger partial charge in [0.25, 0.3) is 0 Å². The minimum Gasteiger partial charge on any atom is -0.393 e. The Hall–Kier alpha value is -0.860. The van der Waals surface area contributed by atoms with Gasteiger partial charge in [-0.25, -0.2) is 0 Å². The van der Waals surface area contributed by atoms with Crippen LogP contribution in [0.4, 0.5) is 0 Å². The fourth-order valence-electron chi connectivity index (χ4n) is 4.33. The minimum atomic E-state index is -0.0431. The molecule has 21 heavy (non-hydrogen) atoms. The van der Waals surface area contributed by atoms with Gasteiger partial charge < -0.3 is 10.0 Å². The zero-order chi connectivity index (χ0) is 14.5. The number of benzene rings is 1. The number of aryl methyl sites for hydroxylation is 1. The highest BCUT2D eigenvalue weighted by molar-refractivity contribution is 5.14. The molecule has 3 unspecified atom stereocenters. The Kier molecular flexibility index (Phi) is 5.32. The molecule has 2 aliphatic rings. The molecule has 0 bridgehead atoms. The summed E-state index contributed by atoms with van der Waals surface area (Å²) < 4.78 is 0. The van der Waals surface area contributed by atoms with Crippen molar-refractivity contribution in [2.75, 3.05) is 13.1 Å². The van der Waals surface area contributed by atoms with Crippen molar-refractivity contribution in [3.05, 3.63) is 35.9 Å². The summed E-state index contributed by atoms with van der Waals surface area (Å²) in [6, 6.07) is 11.5. The van der Waals surface area contributed by atoms with Gasteiger partial charge in [-0.3, -0.25) is 0 Å². The molecule has 1 N–H and O–H groups in total. The van der Waals surface area contributed by atoms with Crippen LogP contribution < -0.4 is 0 Å². The summed E-state index contributed by atoms with van der Waals surface area (Å²) in [5.41, 5.74) is 1.45. The second-order valence-corrected chi connectivity index (χ2v) is 6.85. The first-order valence-electron chi connectivity index (χ1n) is 8.80. The molecule has 1 saturated heterocycles. The molecule has 3 atom stereocenters. The van der Waals surface area contributed by atoms with Crippen molar-refractivity contribution in [3.8, 4) is 0 Å². The largest absolute Gasteiger partial charge is 0.393 e. The number of nitrogens with zero attached hydrogens (tertiary/aromatic N) is 1. The average Bonchev–Trinajstić information content (AvgIpc) is 2.97. The molecule has 1 aliphatic carbocycles. The van der Waals surface area contributed by atoms with Gasteiger partial charge >= 0.3 is 0 Å². The van der Waals surface area contributed by atoms with Crippen LogP contribution in [0.15, 0.2) is 30.3 Å². The molecule has 0 aromatic heterocycles. The van der Waals surface area contributed by atoms with E-state index in [-0.39, 0.29) is 6.10 Å². The maximum absolute atomic E-state index is 10.3. The van der Waals surface area contributed by atoms with Crippen LogP contribution in [-0.2, 0) is 6.42 Å². The molecule has 2 nitrogen and oxygen atoms in total. The van der Waals surface area contributed by atoms with Gasteiger partial charge in [-0.15, -0.1) is 0 Å². The van der Waals surface area contributed by atoms with Gasteiger partial charge in [-0.2, -0.15) is 0 Å². The molecule has 1 aromatic rings. The monoisotopic (exact) mass is 287 g/mol. The van der Waals surface area contributed by atoms with Crippen LogP contribution >= 0.6 is 0 Å². The Morgan fingerprint density at radius 2 is 1.81 bits per heavy atom. The molecular formula is C19H29NO. The quantitative estimate of drug-likeness (QED) is 0.894. The first-order valence-corrected chi connectivity index (χ1v) is 8.80. The first kappa shape index (κ1) is 15.1. The summed E-state index contributed by atoms with van der Waals surface area (Å²) in [6.07, 6.45) is 9.79. The van der Waals surface area contributed by atoms with Gasteiger partial charge in [0, 0.05) is 12.0 Å². The number of aliphatic hydroxyl groups is 1. The second-order valence-electron chi connectivity index (χ2n) is 6.85. The predicted molar refractivity (Wildman–Crippen MR) is 87.3 cm³/mol. The van der Waals surface area contributed by atoms with Gasteiger partial charge in [0.05, 0.1) is 6.10 Å². The highest BCUT2D eigenvalue weighted by Gasteiger charge is 2.36. The number of rotatable bonds is 5. The fraction of sp³-hybridized carbons (Fsp3) is 0.684. The van der Waals surface area contributed by atoms with E-state index in [1.165, 1.54) is 63.6 Å². The third-order valence-corrected chi connectivity index (χ3v) is 5.44. The van der Waals surface area contributed by atoms with Crippen molar-refractivity contribution in [1.82, 2.24) is 4.90 Å². The van der Waals surface area contributed by atoms with Crippen molar-refractivity contribution < 1.29 is 5.11 Å². The molecule has 1 aromatic carbocycles. The van der Waals surface area contributed by atoms with Crippen LogP contribution in [-0.4, -0.2) is 35.2 Å². The van der Waals surface area contributed by atoms with E-state index < -0.39 is 0 Å². The predicted octanol–water partition coefficient (Wildman–Crippen LogP) is 3.63. The van der Waals surface area contributed by atoms with Crippen molar-refractivity contribution >= 4 is 0 Å². The van der Waals surface area contributed by atoms with Gasteiger partial charge in [0.2, 0.25) is 0 Å². The minimum absolute atomic E-state index is 0.0431. The van der Waals surface area contributed by atoms with Crippen LogP contribution in [0, 0.1) is 5.92 Å². The van der Waals surface area contributed by atoms with Gasteiger partial charge in [-0.05, 0) is 57.2 Å². The fourth-order valence-corrected chi connectivity index (χ4v) is 4.33. The lowest BCUT2D eigenvalue weighted by atomic mass is 9.80. The molecular weight excluding hydrogens is 258 g/mol. The maximum Gasteiger partial charge on any atom is 0.0583 e. The topological polar surface area (TPSA) is 23.5 Å². The van der Waals surface area contributed by atoms with E-state index in [0.29, 0.717) is 12.0 Å². The van der Waals surface area contributed by atoms with Gasteiger partial charge in [0.15, 0.2) is 0 Å². The zero-order valence-corrected chi connectivity index (χ0v) is 13.1. The third-order valence-electron chi connectivity index (χ3n) is 5.44. The van der Waals surface area contributed by atoms with E-state index in [4.69, 9.17) is 0 Å². The number of hydrogen-bond acceptors (Lipinski definition) is 2. The molecule has 0 amide bonds. The molecule has 0 radical (unpaired) electrons. The molecule has 1 saturated carbocycles. The lowest BCUT2D eigenvalue weighted by molar-refractivity contribution is 0.0220. The van der Waals surface area contributed by atoms with E-state index in [0.717, 1.165) is 6.42 Å². The Bertz CT molecular complexity index is 419. The van der Waals surface area contributed by atoms with E-state index in [1.807, 2.05) is 0 Å². The molecule has 1 heterocycles. The summed E-state index contributed by atoms with van der Waals surface area (Å²) in [6.45, 7) is 2.44. The first-order chi connectivity index (χ1) is 10.3. The van der Waals surface area contributed by atoms with Crippen molar-refractivity contribution in [2.45, 2.75) is 63.5 Å². The second kappa shape index (κ2) is 7.42. The Morgan fingerprint density at radius 3 is 2.62 bits per heavy atom. The van der Waals surface area contributed by atoms with E-state index in [9.17, 15) is 5.11 Å². The van der Waals surface area contributed by atoms with Crippen LogP contribution in [0.25, 0.3) is 0 Å². The average molecular weight is 287 g/mol. The zero-order valence-electron chi connectivity index (χ0n) is 13.1. The van der Waals surface area contributed by atoms with Crippen molar-refractivity contribution in [1.29, 1.82) is 0 Å². The van der Waals surface area contributed by atoms with E-state index in [2.05, 4.69) is 35.2 Å². The molecule has 116 valence electrons. The maximum atomic E-state index is 10.3. The van der Waals surface area contributed by atoms with Crippen molar-refractivity contribution in [2.24, 2.45) is 5.92 Å². The smallest absolute Gasteiger partial charge is 0.0583 e. The third kappa shape index (κ3) is 3.87. The molecule has 2 fully saturated rings. The highest BCUT2D eigenvalue weighted by Crippen LogP contribution is 2.34. The highest BCUT2D eigenvalue weighted by atomic mass is 16.3. The number of aliphatic hydroxyl groups excluding tert-OH is 1. The molecule has 1 aliphatic heterocycles. The number of hydrogen-bond donors (Lipinski definition) is 1. The summed E-state index contributed by atoms with van der Waals surface area (Å²) in [5, 5.41) is 10.3. The van der Waals surface area contributed by atoms with Crippen LogP contribution in [0.1, 0.15) is 50.5 Å². The Morgan fingerprint density at radius 1 is 1.00 bits per heavy atom. The lowest BCUT2D eigenvalue weighted by Gasteiger charge is -2.37. The van der Waals surface area contributed by atoms with E-state index in [1.54, 1.807) is 0 Å². The SMILES string of the molecule is OC1CCCCC1C1CCCN1CCCc1ccccc1. The lowest BCUT2D eigenvalue weighted by Crippen LogP contribution is -2.43. The van der Waals surface area contributed by atoms with Crippen molar-refractivity contribution in [3.63, 3.8) is 0 Å². The summed E-state index contributed by atoms with van der Waals surface area (Å²) in [5.74, 6) is 0.540. The normalized spacial score (nSPS) is 30.6.